The van der Waals surface area contributed by atoms with Gasteiger partial charge in [0.1, 0.15) is 6.04 Å². The minimum Gasteiger partial charge on any atom is -0.352 e. The van der Waals surface area contributed by atoms with Gasteiger partial charge in [0.25, 0.3) is 0 Å². The monoisotopic (exact) mass is 535 g/mol. The number of nitrogens with one attached hydrogen (secondary N) is 1. The largest absolute Gasteiger partial charge is 0.352 e. The predicted molar refractivity (Wildman–Crippen MR) is 139 cm³/mol. The molecule has 1 atom stereocenters. The van der Waals surface area contributed by atoms with Gasteiger partial charge < -0.3 is 10.2 Å². The molecule has 2 aromatic carbocycles. The first-order valence-corrected chi connectivity index (χ1v) is 14.4. The summed E-state index contributed by atoms with van der Waals surface area (Å²) in [5.41, 5.74) is 1.89. The molecular formula is C27H35F2N3O4S. The van der Waals surface area contributed by atoms with Crippen LogP contribution in [0.25, 0.3) is 0 Å². The molecule has 202 valence electrons. The van der Waals surface area contributed by atoms with Crippen molar-refractivity contribution in [2.75, 3.05) is 17.1 Å². The number of carbonyl (C=O) groups excluding carboxylic acids is 2. The van der Waals surface area contributed by atoms with E-state index in [9.17, 15) is 26.8 Å². The zero-order chi connectivity index (χ0) is 27.2. The number of sulfonamides is 1. The SMILES string of the molecule is Cc1cccc(CN(C(=O)CCCN(c2ccc(F)c(F)c2)S(C)(=O)=O)C(C)C(=O)NC2CCCC2)c1. The van der Waals surface area contributed by atoms with Crippen molar-refractivity contribution in [3.8, 4) is 0 Å². The van der Waals surface area contributed by atoms with Gasteiger partial charge in [0.2, 0.25) is 21.8 Å². The number of aryl methyl sites for hydroxylation is 1. The van der Waals surface area contributed by atoms with Crippen LogP contribution >= 0.6 is 0 Å². The third-order valence-corrected chi connectivity index (χ3v) is 7.84. The fourth-order valence-electron chi connectivity index (χ4n) is 4.63. The van der Waals surface area contributed by atoms with E-state index in [2.05, 4.69) is 5.32 Å². The summed E-state index contributed by atoms with van der Waals surface area (Å²) >= 11 is 0. The molecule has 2 amide bonds. The molecule has 1 unspecified atom stereocenters. The molecule has 0 aliphatic heterocycles. The molecule has 0 saturated heterocycles. The maximum atomic E-state index is 13.7. The lowest BCUT2D eigenvalue weighted by molar-refractivity contribution is -0.141. The lowest BCUT2D eigenvalue weighted by atomic mass is 10.1. The van der Waals surface area contributed by atoms with E-state index in [-0.39, 0.29) is 49.5 Å². The Hall–Kier alpha value is -3.01. The lowest BCUT2D eigenvalue weighted by Gasteiger charge is -2.30. The summed E-state index contributed by atoms with van der Waals surface area (Å²) in [5, 5.41) is 3.05. The highest BCUT2D eigenvalue weighted by molar-refractivity contribution is 7.92. The van der Waals surface area contributed by atoms with Gasteiger partial charge in [-0.1, -0.05) is 42.7 Å². The average molecular weight is 536 g/mol. The van der Waals surface area contributed by atoms with Crippen molar-refractivity contribution >= 4 is 27.5 Å². The van der Waals surface area contributed by atoms with Crippen LogP contribution in [-0.2, 0) is 26.2 Å². The molecule has 2 aromatic rings. The molecule has 37 heavy (non-hydrogen) atoms. The zero-order valence-electron chi connectivity index (χ0n) is 21.5. The number of hydrogen-bond donors (Lipinski definition) is 1. The Morgan fingerprint density at radius 2 is 1.78 bits per heavy atom. The highest BCUT2D eigenvalue weighted by Gasteiger charge is 2.29. The topological polar surface area (TPSA) is 86.8 Å². The quantitative estimate of drug-likeness (QED) is 0.465. The van der Waals surface area contributed by atoms with Gasteiger partial charge in [-0.15, -0.1) is 0 Å². The van der Waals surface area contributed by atoms with Gasteiger partial charge in [-0.2, -0.15) is 0 Å². The van der Waals surface area contributed by atoms with Crippen molar-refractivity contribution < 1.29 is 26.8 Å². The van der Waals surface area contributed by atoms with Crippen LogP contribution < -0.4 is 9.62 Å². The minimum absolute atomic E-state index is 0.0187. The number of benzene rings is 2. The molecule has 0 radical (unpaired) electrons. The Morgan fingerprint density at radius 1 is 1.08 bits per heavy atom. The highest BCUT2D eigenvalue weighted by Crippen LogP contribution is 2.22. The van der Waals surface area contributed by atoms with E-state index >= 15 is 0 Å². The summed E-state index contributed by atoms with van der Waals surface area (Å²) < 4.78 is 52.7. The highest BCUT2D eigenvalue weighted by atomic mass is 32.2. The third kappa shape index (κ3) is 7.99. The first kappa shape index (κ1) is 28.6. The smallest absolute Gasteiger partial charge is 0.242 e. The first-order valence-electron chi connectivity index (χ1n) is 12.5. The van der Waals surface area contributed by atoms with E-state index in [1.807, 2.05) is 31.2 Å². The number of halogens is 2. The van der Waals surface area contributed by atoms with Crippen LogP contribution in [0.15, 0.2) is 42.5 Å². The van der Waals surface area contributed by atoms with Crippen LogP contribution in [0.5, 0.6) is 0 Å². The molecule has 1 N–H and O–H groups in total. The van der Waals surface area contributed by atoms with E-state index in [1.54, 1.807) is 6.92 Å². The van der Waals surface area contributed by atoms with Gasteiger partial charge in [-0.3, -0.25) is 13.9 Å². The Kier molecular flexibility index (Phi) is 9.64. The Balaban J connectivity index is 1.73. The molecule has 0 aromatic heterocycles. The summed E-state index contributed by atoms with van der Waals surface area (Å²) in [5.74, 6) is -2.75. The maximum absolute atomic E-state index is 13.7. The summed E-state index contributed by atoms with van der Waals surface area (Å²) in [6.45, 7) is 3.78. The Bertz CT molecular complexity index is 1220. The van der Waals surface area contributed by atoms with Crippen molar-refractivity contribution in [2.24, 2.45) is 0 Å². The van der Waals surface area contributed by atoms with Crippen molar-refractivity contribution in [3.05, 3.63) is 65.2 Å². The summed E-state index contributed by atoms with van der Waals surface area (Å²) in [6, 6.07) is 9.95. The van der Waals surface area contributed by atoms with Gasteiger partial charge >= 0.3 is 0 Å². The van der Waals surface area contributed by atoms with Gasteiger partial charge in [-0.05, 0) is 50.8 Å². The lowest BCUT2D eigenvalue weighted by Crippen LogP contribution is -2.49. The number of amides is 2. The number of carbonyl (C=O) groups is 2. The number of rotatable bonds is 11. The third-order valence-electron chi connectivity index (χ3n) is 6.65. The molecule has 7 nitrogen and oxygen atoms in total. The van der Waals surface area contributed by atoms with Crippen LogP contribution in [0, 0.1) is 18.6 Å². The van der Waals surface area contributed by atoms with E-state index in [4.69, 9.17) is 0 Å². The van der Waals surface area contributed by atoms with Crippen LogP contribution in [0.4, 0.5) is 14.5 Å². The molecule has 1 fully saturated rings. The van der Waals surface area contributed by atoms with Gasteiger partial charge in [0, 0.05) is 31.6 Å². The standard InChI is InChI=1S/C27H35F2N3O4S/c1-19-8-6-9-21(16-19)18-31(20(2)27(34)30-22-10-4-5-11-22)26(33)12-7-15-32(37(3,35)36)23-13-14-24(28)25(29)17-23/h6,8-9,13-14,16-17,20,22H,4-5,7,10-12,15,18H2,1-3H3,(H,30,34). The van der Waals surface area contributed by atoms with Crippen LogP contribution in [-0.4, -0.2) is 50.0 Å². The van der Waals surface area contributed by atoms with Crippen LogP contribution in [0.2, 0.25) is 0 Å². The molecule has 0 spiro atoms. The van der Waals surface area contributed by atoms with Crippen LogP contribution in [0.1, 0.15) is 56.6 Å². The summed E-state index contributed by atoms with van der Waals surface area (Å²) in [4.78, 5) is 27.9. The summed E-state index contributed by atoms with van der Waals surface area (Å²) in [6.07, 6.45) is 5.07. The van der Waals surface area contributed by atoms with Crippen molar-refractivity contribution in [1.82, 2.24) is 10.2 Å². The van der Waals surface area contributed by atoms with Crippen LogP contribution in [0.3, 0.4) is 0 Å². The van der Waals surface area contributed by atoms with E-state index < -0.39 is 27.7 Å². The van der Waals surface area contributed by atoms with E-state index in [1.165, 1.54) is 11.0 Å². The second-order valence-electron chi connectivity index (χ2n) is 9.71. The van der Waals surface area contributed by atoms with Crippen molar-refractivity contribution in [1.29, 1.82) is 0 Å². The Labute approximate surface area is 217 Å². The first-order chi connectivity index (χ1) is 17.5. The second-order valence-corrected chi connectivity index (χ2v) is 11.6. The molecular weight excluding hydrogens is 500 g/mol. The van der Waals surface area contributed by atoms with Gasteiger partial charge in [0.05, 0.1) is 11.9 Å². The van der Waals surface area contributed by atoms with Gasteiger partial charge in [-0.25, -0.2) is 17.2 Å². The van der Waals surface area contributed by atoms with Gasteiger partial charge in [0.15, 0.2) is 11.6 Å². The molecule has 1 aliphatic rings. The molecule has 3 rings (SSSR count). The molecule has 10 heteroatoms. The molecule has 0 bridgehead atoms. The Morgan fingerprint density at radius 3 is 2.41 bits per heavy atom. The van der Waals surface area contributed by atoms with E-state index in [0.717, 1.165) is 59.5 Å². The minimum atomic E-state index is -3.81. The number of hydrogen-bond acceptors (Lipinski definition) is 4. The second kappa shape index (κ2) is 12.5. The molecule has 1 aliphatic carbocycles. The predicted octanol–water partition coefficient (Wildman–Crippen LogP) is 4.30. The molecule has 1 saturated carbocycles. The fraction of sp³-hybridized carbons (Fsp3) is 0.481. The zero-order valence-corrected chi connectivity index (χ0v) is 22.4. The fourth-order valence-corrected chi connectivity index (χ4v) is 5.58. The van der Waals surface area contributed by atoms with E-state index in [0.29, 0.717) is 0 Å². The summed E-state index contributed by atoms with van der Waals surface area (Å²) in [7, 11) is -3.81. The normalized spacial score (nSPS) is 14.8. The molecule has 0 heterocycles. The number of anilines is 1. The van der Waals surface area contributed by atoms with Crippen molar-refractivity contribution in [2.45, 2.75) is 71.0 Å². The average Bonchev–Trinajstić information content (AvgIpc) is 3.34. The number of nitrogens with zero attached hydrogens (tertiary/aromatic N) is 2. The van der Waals surface area contributed by atoms with Crippen molar-refractivity contribution in [3.63, 3.8) is 0 Å². The maximum Gasteiger partial charge on any atom is 0.242 e.